The Hall–Kier alpha value is -1.76. The van der Waals surface area contributed by atoms with Gasteiger partial charge in [-0.05, 0) is 37.1 Å². The van der Waals surface area contributed by atoms with Crippen LogP contribution in [0.4, 0.5) is 0 Å². The summed E-state index contributed by atoms with van der Waals surface area (Å²) in [6.45, 7) is 3.82. The van der Waals surface area contributed by atoms with E-state index in [2.05, 4.69) is 31.2 Å². The summed E-state index contributed by atoms with van der Waals surface area (Å²) in [5.41, 5.74) is 3.99. The fourth-order valence-electron chi connectivity index (χ4n) is 2.04. The van der Waals surface area contributed by atoms with Crippen molar-refractivity contribution >= 4 is 11.8 Å². The summed E-state index contributed by atoms with van der Waals surface area (Å²) < 4.78 is 0. The van der Waals surface area contributed by atoms with E-state index in [4.69, 9.17) is 5.26 Å². The van der Waals surface area contributed by atoms with E-state index >= 15 is 0 Å². The van der Waals surface area contributed by atoms with Crippen molar-refractivity contribution in [1.82, 2.24) is 0 Å². The van der Waals surface area contributed by atoms with Crippen LogP contribution < -0.4 is 0 Å². The van der Waals surface area contributed by atoms with E-state index in [0.29, 0.717) is 5.56 Å². The van der Waals surface area contributed by atoms with Crippen molar-refractivity contribution in [3.05, 3.63) is 64.7 Å². The average molecular weight is 283 g/mol. The fraction of sp³-hybridized carbons (Fsp3) is 0.235. The van der Waals surface area contributed by atoms with Gasteiger partial charge in [0.1, 0.15) is 0 Å². The molecular formula is C17H17NOS. The maximum absolute atomic E-state index is 9.81. The number of nitrogens with zero attached hydrogens (tertiary/aromatic N) is 1. The van der Waals surface area contributed by atoms with E-state index < -0.39 is 6.10 Å². The SMILES string of the molecule is Cc1cccc(CSc2cc(C#N)ccc2C(C)O)c1. The van der Waals surface area contributed by atoms with Crippen LogP contribution in [0.5, 0.6) is 0 Å². The smallest absolute Gasteiger partial charge is 0.0992 e. The van der Waals surface area contributed by atoms with Crippen molar-refractivity contribution in [3.8, 4) is 6.07 Å². The van der Waals surface area contributed by atoms with Crippen LogP contribution in [0.3, 0.4) is 0 Å². The molecule has 1 atom stereocenters. The minimum atomic E-state index is -0.525. The molecule has 0 saturated heterocycles. The second kappa shape index (κ2) is 6.60. The molecule has 2 aromatic rings. The Morgan fingerprint density at radius 1 is 1.25 bits per heavy atom. The molecule has 0 saturated carbocycles. The van der Waals surface area contributed by atoms with E-state index in [0.717, 1.165) is 16.2 Å². The predicted octanol–water partition coefficient (Wildman–Crippen LogP) is 4.21. The second-order valence-electron chi connectivity index (χ2n) is 4.82. The third-order valence-corrected chi connectivity index (χ3v) is 4.21. The summed E-state index contributed by atoms with van der Waals surface area (Å²) in [7, 11) is 0. The van der Waals surface area contributed by atoms with Crippen LogP contribution in [0.2, 0.25) is 0 Å². The van der Waals surface area contributed by atoms with Gasteiger partial charge in [-0.25, -0.2) is 0 Å². The number of hydrogen-bond donors (Lipinski definition) is 1. The molecule has 3 heteroatoms. The standard InChI is InChI=1S/C17H17NOS/c1-12-4-3-5-15(8-12)11-20-17-9-14(10-18)6-7-16(17)13(2)19/h3-9,13,19H,11H2,1-2H3. The normalized spacial score (nSPS) is 11.9. The number of benzene rings is 2. The zero-order valence-electron chi connectivity index (χ0n) is 11.6. The zero-order valence-corrected chi connectivity index (χ0v) is 12.4. The number of aliphatic hydroxyl groups excluding tert-OH is 1. The van der Waals surface area contributed by atoms with E-state index in [1.165, 1.54) is 11.1 Å². The molecule has 1 unspecified atom stereocenters. The van der Waals surface area contributed by atoms with E-state index in [1.807, 2.05) is 18.2 Å². The summed E-state index contributed by atoms with van der Waals surface area (Å²) in [5, 5.41) is 18.8. The van der Waals surface area contributed by atoms with Gasteiger partial charge in [-0.3, -0.25) is 0 Å². The highest BCUT2D eigenvalue weighted by Gasteiger charge is 2.09. The van der Waals surface area contributed by atoms with E-state index in [9.17, 15) is 5.11 Å². The highest BCUT2D eigenvalue weighted by Crippen LogP contribution is 2.31. The first-order chi connectivity index (χ1) is 9.60. The Morgan fingerprint density at radius 3 is 2.70 bits per heavy atom. The largest absolute Gasteiger partial charge is 0.389 e. The number of hydrogen-bond acceptors (Lipinski definition) is 3. The third-order valence-electron chi connectivity index (χ3n) is 3.07. The highest BCUT2D eigenvalue weighted by atomic mass is 32.2. The van der Waals surface area contributed by atoms with Crippen LogP contribution in [-0.4, -0.2) is 5.11 Å². The van der Waals surface area contributed by atoms with Gasteiger partial charge in [0.25, 0.3) is 0 Å². The van der Waals surface area contributed by atoms with Gasteiger partial charge in [-0.1, -0.05) is 35.9 Å². The summed E-state index contributed by atoms with van der Waals surface area (Å²) in [6.07, 6.45) is -0.525. The molecule has 0 aliphatic heterocycles. The van der Waals surface area contributed by atoms with Crippen molar-refractivity contribution < 1.29 is 5.11 Å². The second-order valence-corrected chi connectivity index (χ2v) is 5.84. The molecule has 2 rings (SSSR count). The molecule has 0 spiro atoms. The van der Waals surface area contributed by atoms with Gasteiger partial charge in [0.15, 0.2) is 0 Å². The predicted molar refractivity (Wildman–Crippen MR) is 82.5 cm³/mol. The molecule has 102 valence electrons. The lowest BCUT2D eigenvalue weighted by Crippen LogP contribution is -1.95. The van der Waals surface area contributed by atoms with Crippen molar-refractivity contribution in [3.63, 3.8) is 0 Å². The van der Waals surface area contributed by atoms with Crippen molar-refractivity contribution in [1.29, 1.82) is 5.26 Å². The first kappa shape index (κ1) is 14.6. The molecule has 0 bridgehead atoms. The average Bonchev–Trinajstić information content (AvgIpc) is 2.44. The lowest BCUT2D eigenvalue weighted by Gasteiger charge is -2.12. The number of rotatable bonds is 4. The Bertz CT molecular complexity index is 644. The van der Waals surface area contributed by atoms with Crippen LogP contribution in [0.1, 0.15) is 35.3 Å². The molecule has 0 aromatic heterocycles. The number of aliphatic hydroxyl groups is 1. The van der Waals surface area contributed by atoms with Crippen LogP contribution in [0, 0.1) is 18.3 Å². The van der Waals surface area contributed by atoms with Gasteiger partial charge in [0.05, 0.1) is 17.7 Å². The van der Waals surface area contributed by atoms with E-state index in [1.54, 1.807) is 24.8 Å². The van der Waals surface area contributed by atoms with Gasteiger partial charge < -0.3 is 5.11 Å². The summed E-state index contributed by atoms with van der Waals surface area (Å²) in [6, 6.07) is 16.0. The summed E-state index contributed by atoms with van der Waals surface area (Å²) in [4.78, 5) is 0.973. The zero-order chi connectivity index (χ0) is 14.5. The Balaban J connectivity index is 2.21. The third kappa shape index (κ3) is 3.63. The lowest BCUT2D eigenvalue weighted by molar-refractivity contribution is 0.196. The molecule has 0 heterocycles. The Kier molecular flexibility index (Phi) is 4.84. The van der Waals surface area contributed by atoms with Gasteiger partial charge in [-0.15, -0.1) is 11.8 Å². The molecule has 0 radical (unpaired) electrons. The van der Waals surface area contributed by atoms with Gasteiger partial charge >= 0.3 is 0 Å². The van der Waals surface area contributed by atoms with Crippen LogP contribution in [-0.2, 0) is 5.75 Å². The lowest BCUT2D eigenvalue weighted by atomic mass is 10.1. The Labute approximate surface area is 124 Å². The maximum Gasteiger partial charge on any atom is 0.0992 e. The molecule has 0 aliphatic carbocycles. The molecule has 2 aromatic carbocycles. The monoisotopic (exact) mass is 283 g/mol. The van der Waals surface area contributed by atoms with Gasteiger partial charge in [0, 0.05) is 10.6 Å². The van der Waals surface area contributed by atoms with Crippen molar-refractivity contribution in [2.45, 2.75) is 30.6 Å². The minimum Gasteiger partial charge on any atom is -0.389 e. The first-order valence-electron chi connectivity index (χ1n) is 6.50. The maximum atomic E-state index is 9.81. The van der Waals surface area contributed by atoms with E-state index in [-0.39, 0.29) is 0 Å². The minimum absolute atomic E-state index is 0.525. The van der Waals surface area contributed by atoms with Gasteiger partial charge in [-0.2, -0.15) is 5.26 Å². The topological polar surface area (TPSA) is 44.0 Å². The fourth-order valence-corrected chi connectivity index (χ4v) is 3.15. The number of thioether (sulfide) groups is 1. The van der Waals surface area contributed by atoms with Crippen molar-refractivity contribution in [2.75, 3.05) is 0 Å². The molecule has 1 N–H and O–H groups in total. The molecule has 2 nitrogen and oxygen atoms in total. The van der Waals surface area contributed by atoms with Gasteiger partial charge in [0.2, 0.25) is 0 Å². The first-order valence-corrected chi connectivity index (χ1v) is 7.49. The molecular weight excluding hydrogens is 266 g/mol. The molecule has 0 aliphatic rings. The summed E-state index contributed by atoms with van der Waals surface area (Å²) in [5.74, 6) is 0.830. The summed E-state index contributed by atoms with van der Waals surface area (Å²) >= 11 is 1.66. The van der Waals surface area contributed by atoms with Crippen LogP contribution >= 0.6 is 11.8 Å². The number of aryl methyl sites for hydroxylation is 1. The quantitative estimate of drug-likeness (QED) is 0.855. The van der Waals surface area contributed by atoms with Crippen LogP contribution in [0.25, 0.3) is 0 Å². The Morgan fingerprint density at radius 2 is 2.05 bits per heavy atom. The van der Waals surface area contributed by atoms with Crippen LogP contribution in [0.15, 0.2) is 47.4 Å². The van der Waals surface area contributed by atoms with Crippen molar-refractivity contribution in [2.24, 2.45) is 0 Å². The number of nitriles is 1. The molecule has 0 fully saturated rings. The molecule has 0 amide bonds. The highest BCUT2D eigenvalue weighted by molar-refractivity contribution is 7.98. The molecule has 20 heavy (non-hydrogen) atoms.